The zero-order valence-corrected chi connectivity index (χ0v) is 10.5. The van der Waals surface area contributed by atoms with Crippen LogP contribution in [0.4, 0.5) is 0 Å². The molecule has 94 valence electrons. The highest BCUT2D eigenvalue weighted by Gasteiger charge is 2.39. The molecule has 3 unspecified atom stereocenters. The normalized spacial score (nSPS) is 36.4. The molecule has 0 amide bonds. The topological polar surface area (TPSA) is 44.3 Å². The molecule has 0 spiro atoms. The number of nitrogens with one attached hydrogen (secondary N) is 2. The summed E-state index contributed by atoms with van der Waals surface area (Å²) in [6.45, 7) is 5.20. The minimum absolute atomic E-state index is 0.292. The Hall–Kier alpha value is -0.120. The van der Waals surface area contributed by atoms with Gasteiger partial charge >= 0.3 is 0 Å². The molecule has 2 rings (SSSR count). The van der Waals surface area contributed by atoms with Crippen LogP contribution < -0.4 is 10.6 Å². The van der Waals surface area contributed by atoms with Gasteiger partial charge in [-0.1, -0.05) is 12.8 Å². The lowest BCUT2D eigenvalue weighted by Crippen LogP contribution is -2.56. The minimum atomic E-state index is -0.544. The van der Waals surface area contributed by atoms with Crippen molar-refractivity contribution in [3.63, 3.8) is 0 Å². The van der Waals surface area contributed by atoms with Gasteiger partial charge in [0.05, 0.1) is 5.60 Å². The zero-order valence-electron chi connectivity index (χ0n) is 10.5. The van der Waals surface area contributed by atoms with Gasteiger partial charge in [-0.15, -0.1) is 0 Å². The summed E-state index contributed by atoms with van der Waals surface area (Å²) in [6.07, 6.45) is 7.32. The average Bonchev–Trinajstić information content (AvgIpc) is 2.59. The summed E-state index contributed by atoms with van der Waals surface area (Å²) < 4.78 is 0. The average molecular weight is 226 g/mol. The van der Waals surface area contributed by atoms with E-state index in [0.717, 1.165) is 32.5 Å². The SMILES string of the molecule is CC(O)(C1CCCNC1)C1CCCCCN1. The van der Waals surface area contributed by atoms with E-state index >= 15 is 0 Å². The molecule has 0 aromatic heterocycles. The first kappa shape index (κ1) is 12.3. The highest BCUT2D eigenvalue weighted by Crippen LogP contribution is 2.30. The molecule has 0 aliphatic carbocycles. The Balaban J connectivity index is 1.97. The van der Waals surface area contributed by atoms with Gasteiger partial charge in [-0.05, 0) is 45.7 Å². The molecule has 0 aromatic rings. The molecule has 16 heavy (non-hydrogen) atoms. The van der Waals surface area contributed by atoms with E-state index in [9.17, 15) is 5.11 Å². The molecule has 0 saturated carbocycles. The van der Waals surface area contributed by atoms with Crippen molar-refractivity contribution in [1.29, 1.82) is 0 Å². The van der Waals surface area contributed by atoms with Crippen LogP contribution in [-0.2, 0) is 0 Å². The maximum Gasteiger partial charge on any atom is 0.0812 e. The van der Waals surface area contributed by atoms with Crippen LogP contribution in [0, 0.1) is 5.92 Å². The molecule has 0 aromatic carbocycles. The van der Waals surface area contributed by atoms with Crippen LogP contribution in [0.25, 0.3) is 0 Å². The summed E-state index contributed by atoms with van der Waals surface area (Å²) >= 11 is 0. The predicted octanol–water partition coefficient (Wildman–Crippen LogP) is 1.27. The van der Waals surface area contributed by atoms with Gasteiger partial charge in [0.25, 0.3) is 0 Å². The van der Waals surface area contributed by atoms with Crippen LogP contribution in [0.3, 0.4) is 0 Å². The van der Waals surface area contributed by atoms with E-state index in [-0.39, 0.29) is 0 Å². The van der Waals surface area contributed by atoms with E-state index in [1.807, 2.05) is 6.92 Å². The van der Waals surface area contributed by atoms with Crippen molar-refractivity contribution in [3.8, 4) is 0 Å². The molecule has 2 saturated heterocycles. The van der Waals surface area contributed by atoms with Gasteiger partial charge in [0, 0.05) is 18.5 Å². The molecular formula is C13H26N2O. The van der Waals surface area contributed by atoms with Gasteiger partial charge in [0.1, 0.15) is 0 Å². The fourth-order valence-electron chi connectivity index (χ4n) is 3.16. The van der Waals surface area contributed by atoms with Crippen LogP contribution in [0.1, 0.15) is 45.4 Å². The van der Waals surface area contributed by atoms with Crippen LogP contribution >= 0.6 is 0 Å². The number of hydrogen-bond acceptors (Lipinski definition) is 3. The standard InChI is InChI=1S/C13H26N2O/c1-13(16,11-6-5-8-14-10-11)12-7-3-2-4-9-15-12/h11-12,14-16H,2-10H2,1H3. The van der Waals surface area contributed by atoms with E-state index in [1.165, 1.54) is 25.7 Å². The van der Waals surface area contributed by atoms with Gasteiger partial charge in [-0.2, -0.15) is 0 Å². The van der Waals surface area contributed by atoms with Gasteiger partial charge in [0.2, 0.25) is 0 Å². The van der Waals surface area contributed by atoms with Crippen molar-refractivity contribution in [1.82, 2.24) is 10.6 Å². The Morgan fingerprint density at radius 1 is 1.06 bits per heavy atom. The van der Waals surface area contributed by atoms with Crippen LogP contribution in [0.15, 0.2) is 0 Å². The van der Waals surface area contributed by atoms with E-state index in [1.54, 1.807) is 0 Å². The third-order valence-corrected chi connectivity index (χ3v) is 4.39. The fourth-order valence-corrected chi connectivity index (χ4v) is 3.16. The van der Waals surface area contributed by atoms with Gasteiger partial charge in [-0.3, -0.25) is 0 Å². The van der Waals surface area contributed by atoms with Gasteiger partial charge < -0.3 is 15.7 Å². The Kier molecular flexibility index (Phi) is 4.22. The van der Waals surface area contributed by atoms with Crippen LogP contribution in [0.2, 0.25) is 0 Å². The number of hydrogen-bond donors (Lipinski definition) is 3. The Labute approximate surface area is 99.0 Å². The molecular weight excluding hydrogens is 200 g/mol. The third-order valence-electron chi connectivity index (χ3n) is 4.39. The first-order valence-corrected chi connectivity index (χ1v) is 6.88. The van der Waals surface area contributed by atoms with E-state index in [2.05, 4.69) is 10.6 Å². The lowest BCUT2D eigenvalue weighted by Gasteiger charge is -2.41. The summed E-state index contributed by atoms with van der Waals surface area (Å²) in [5, 5.41) is 17.7. The second kappa shape index (κ2) is 5.48. The summed E-state index contributed by atoms with van der Waals surface area (Å²) in [7, 11) is 0. The minimum Gasteiger partial charge on any atom is -0.388 e. The van der Waals surface area contributed by atoms with Crippen molar-refractivity contribution in [2.24, 2.45) is 5.92 Å². The van der Waals surface area contributed by atoms with Gasteiger partial charge in [0.15, 0.2) is 0 Å². The molecule has 3 atom stereocenters. The predicted molar refractivity (Wildman–Crippen MR) is 66.5 cm³/mol. The zero-order chi connectivity index (χ0) is 11.4. The Bertz CT molecular complexity index is 204. The monoisotopic (exact) mass is 226 g/mol. The smallest absolute Gasteiger partial charge is 0.0812 e. The fraction of sp³-hybridized carbons (Fsp3) is 1.00. The quantitative estimate of drug-likeness (QED) is 0.664. The van der Waals surface area contributed by atoms with Crippen molar-refractivity contribution in [2.45, 2.75) is 57.1 Å². The molecule has 2 aliphatic heterocycles. The van der Waals surface area contributed by atoms with Crippen LogP contribution in [0.5, 0.6) is 0 Å². The van der Waals surface area contributed by atoms with E-state index < -0.39 is 5.60 Å². The Morgan fingerprint density at radius 3 is 2.69 bits per heavy atom. The van der Waals surface area contributed by atoms with Gasteiger partial charge in [-0.25, -0.2) is 0 Å². The highest BCUT2D eigenvalue weighted by molar-refractivity contribution is 4.96. The molecule has 3 nitrogen and oxygen atoms in total. The molecule has 2 heterocycles. The third kappa shape index (κ3) is 2.76. The molecule has 2 fully saturated rings. The number of rotatable bonds is 2. The second-order valence-electron chi connectivity index (χ2n) is 5.63. The van der Waals surface area contributed by atoms with E-state index in [0.29, 0.717) is 12.0 Å². The number of aliphatic hydroxyl groups is 1. The largest absolute Gasteiger partial charge is 0.388 e. The molecule has 0 radical (unpaired) electrons. The van der Waals surface area contributed by atoms with E-state index in [4.69, 9.17) is 0 Å². The summed E-state index contributed by atoms with van der Waals surface area (Å²) in [4.78, 5) is 0. The van der Waals surface area contributed by atoms with Crippen molar-refractivity contribution >= 4 is 0 Å². The lowest BCUT2D eigenvalue weighted by molar-refractivity contribution is -0.0438. The van der Waals surface area contributed by atoms with Crippen molar-refractivity contribution in [2.75, 3.05) is 19.6 Å². The van der Waals surface area contributed by atoms with Crippen molar-refractivity contribution < 1.29 is 5.11 Å². The number of piperidine rings is 1. The molecule has 0 bridgehead atoms. The maximum absolute atomic E-state index is 10.8. The Morgan fingerprint density at radius 2 is 1.94 bits per heavy atom. The van der Waals surface area contributed by atoms with Crippen LogP contribution in [-0.4, -0.2) is 36.4 Å². The summed E-state index contributed by atoms with van der Waals surface area (Å²) in [5.41, 5.74) is -0.544. The molecule has 3 N–H and O–H groups in total. The molecule has 2 aliphatic rings. The highest BCUT2D eigenvalue weighted by atomic mass is 16.3. The summed E-state index contributed by atoms with van der Waals surface area (Å²) in [6, 6.07) is 0.292. The first-order chi connectivity index (χ1) is 7.71. The maximum atomic E-state index is 10.8. The molecule has 3 heteroatoms. The van der Waals surface area contributed by atoms with Crippen molar-refractivity contribution in [3.05, 3.63) is 0 Å². The summed E-state index contributed by atoms with van der Waals surface area (Å²) in [5.74, 6) is 0.414. The second-order valence-corrected chi connectivity index (χ2v) is 5.63. The lowest BCUT2D eigenvalue weighted by atomic mass is 9.77. The first-order valence-electron chi connectivity index (χ1n) is 6.88.